The highest BCUT2D eigenvalue weighted by molar-refractivity contribution is 7.80. The number of aromatic nitrogens is 1. The monoisotopic (exact) mass is 453 g/mol. The Labute approximate surface area is 192 Å². The van der Waals surface area contributed by atoms with Gasteiger partial charge in [-0.2, -0.15) is 0 Å². The van der Waals surface area contributed by atoms with Crippen LogP contribution in [0.3, 0.4) is 0 Å². The molecule has 31 heavy (non-hydrogen) atoms. The largest absolute Gasteiger partial charge is 0.497 e. The molecule has 0 saturated carbocycles. The quantitative estimate of drug-likeness (QED) is 0.327. The van der Waals surface area contributed by atoms with Gasteiger partial charge in [-0.05, 0) is 85.7 Å². The molecule has 160 valence electrons. The maximum Gasteiger partial charge on any atom is 0.173 e. The minimum Gasteiger partial charge on any atom is -0.497 e. The van der Waals surface area contributed by atoms with Crippen LogP contribution in [-0.2, 0) is 13.0 Å². The van der Waals surface area contributed by atoms with Crippen LogP contribution in [0.1, 0.15) is 17.0 Å². The van der Waals surface area contributed by atoms with Crippen molar-refractivity contribution in [2.75, 3.05) is 19.0 Å². The van der Waals surface area contributed by atoms with E-state index in [-0.39, 0.29) is 0 Å². The smallest absolute Gasteiger partial charge is 0.173 e. The Balaban J connectivity index is 1.54. The van der Waals surface area contributed by atoms with E-state index >= 15 is 0 Å². The third kappa shape index (κ3) is 5.03. The van der Waals surface area contributed by atoms with Gasteiger partial charge in [0, 0.05) is 33.9 Å². The van der Waals surface area contributed by atoms with E-state index in [1.165, 1.54) is 10.9 Å². The SMILES string of the molecule is COc1ccc2[nH]c(C)c(CCN(Cc3ccco3)C(=S)Nc3ccc(Cl)cc3)c2c1. The number of furan rings is 1. The molecule has 2 N–H and O–H groups in total. The number of rotatable bonds is 7. The van der Waals surface area contributed by atoms with Gasteiger partial charge in [-0.25, -0.2) is 0 Å². The van der Waals surface area contributed by atoms with Crippen molar-refractivity contribution in [3.05, 3.63) is 82.9 Å². The molecule has 0 saturated heterocycles. The van der Waals surface area contributed by atoms with Crippen molar-refractivity contribution in [3.8, 4) is 5.75 Å². The number of aromatic amines is 1. The molecule has 2 aromatic heterocycles. The topological polar surface area (TPSA) is 53.4 Å². The Morgan fingerprint density at radius 2 is 2.00 bits per heavy atom. The van der Waals surface area contributed by atoms with Gasteiger partial charge in [0.15, 0.2) is 5.11 Å². The third-order valence-electron chi connectivity index (χ3n) is 5.27. The Hall–Kier alpha value is -2.96. The van der Waals surface area contributed by atoms with Gasteiger partial charge in [-0.15, -0.1) is 0 Å². The Morgan fingerprint density at radius 1 is 1.19 bits per heavy atom. The van der Waals surface area contributed by atoms with E-state index in [0.717, 1.165) is 41.4 Å². The number of halogens is 1. The molecule has 0 aliphatic rings. The van der Waals surface area contributed by atoms with Crippen molar-refractivity contribution in [1.82, 2.24) is 9.88 Å². The van der Waals surface area contributed by atoms with Crippen molar-refractivity contribution >= 4 is 45.5 Å². The molecule has 2 heterocycles. The molecule has 4 aromatic rings. The van der Waals surface area contributed by atoms with E-state index in [2.05, 4.69) is 34.3 Å². The number of hydrogen-bond acceptors (Lipinski definition) is 3. The fourth-order valence-corrected chi connectivity index (χ4v) is 4.04. The van der Waals surface area contributed by atoms with E-state index in [9.17, 15) is 0 Å². The predicted octanol–water partition coefficient (Wildman–Crippen LogP) is 6.17. The summed E-state index contributed by atoms with van der Waals surface area (Å²) in [6, 6.07) is 17.5. The molecular formula is C24H24ClN3O2S. The Kier molecular flexibility index (Phi) is 6.49. The standard InChI is InChI=1S/C24H24ClN3O2S/c1-16-21(22-14-19(29-2)9-10-23(22)26-16)11-12-28(15-20-4-3-13-30-20)24(31)27-18-7-5-17(25)6-8-18/h3-10,13-14,26H,11-12,15H2,1-2H3,(H,27,31). The predicted molar refractivity (Wildman–Crippen MR) is 130 cm³/mol. The summed E-state index contributed by atoms with van der Waals surface area (Å²) in [5.74, 6) is 1.71. The number of nitrogens with zero attached hydrogens (tertiary/aromatic N) is 1. The number of nitrogens with one attached hydrogen (secondary N) is 2. The average molecular weight is 454 g/mol. The van der Waals surface area contributed by atoms with E-state index < -0.39 is 0 Å². The number of hydrogen-bond donors (Lipinski definition) is 2. The summed E-state index contributed by atoms with van der Waals surface area (Å²) in [6.45, 7) is 3.41. The summed E-state index contributed by atoms with van der Waals surface area (Å²) in [5.41, 5.74) is 4.41. The van der Waals surface area contributed by atoms with Gasteiger partial charge in [-0.1, -0.05) is 11.6 Å². The van der Waals surface area contributed by atoms with Crippen LogP contribution < -0.4 is 10.1 Å². The number of thiocarbonyl (C=S) groups is 1. The summed E-state index contributed by atoms with van der Waals surface area (Å²) < 4.78 is 11.0. The van der Waals surface area contributed by atoms with Gasteiger partial charge in [0.25, 0.3) is 0 Å². The fraction of sp³-hybridized carbons (Fsp3) is 0.208. The first kappa shape index (κ1) is 21.3. The van der Waals surface area contributed by atoms with Crippen LogP contribution in [0.25, 0.3) is 10.9 Å². The van der Waals surface area contributed by atoms with Gasteiger partial charge in [0.1, 0.15) is 11.5 Å². The molecule has 0 fully saturated rings. The van der Waals surface area contributed by atoms with E-state index in [4.69, 9.17) is 33.0 Å². The minimum atomic E-state index is 0.581. The summed E-state index contributed by atoms with van der Waals surface area (Å²) in [7, 11) is 1.69. The number of ether oxygens (including phenoxy) is 1. The summed E-state index contributed by atoms with van der Waals surface area (Å²) in [4.78, 5) is 5.58. The second-order valence-electron chi connectivity index (χ2n) is 7.33. The van der Waals surface area contributed by atoms with Crippen LogP contribution in [0, 0.1) is 6.92 Å². The van der Waals surface area contributed by atoms with Gasteiger partial charge < -0.3 is 24.4 Å². The van der Waals surface area contributed by atoms with Crippen LogP contribution in [-0.4, -0.2) is 28.7 Å². The van der Waals surface area contributed by atoms with Crippen molar-refractivity contribution in [2.24, 2.45) is 0 Å². The number of anilines is 1. The highest BCUT2D eigenvalue weighted by Crippen LogP contribution is 2.27. The molecule has 7 heteroatoms. The number of H-pyrrole nitrogens is 1. The van der Waals surface area contributed by atoms with Gasteiger partial charge in [0.05, 0.1) is 19.9 Å². The highest BCUT2D eigenvalue weighted by atomic mass is 35.5. The van der Waals surface area contributed by atoms with Gasteiger partial charge in [-0.3, -0.25) is 0 Å². The molecule has 0 radical (unpaired) electrons. The zero-order chi connectivity index (χ0) is 21.8. The molecule has 0 unspecified atom stereocenters. The first-order chi connectivity index (χ1) is 15.0. The zero-order valence-corrected chi connectivity index (χ0v) is 19.0. The lowest BCUT2D eigenvalue weighted by molar-refractivity contribution is 0.368. The van der Waals surface area contributed by atoms with Crippen LogP contribution in [0.4, 0.5) is 5.69 Å². The molecule has 0 amide bonds. The van der Waals surface area contributed by atoms with E-state index in [1.54, 1.807) is 13.4 Å². The van der Waals surface area contributed by atoms with Crippen LogP contribution in [0.5, 0.6) is 5.75 Å². The van der Waals surface area contributed by atoms with Crippen LogP contribution in [0.2, 0.25) is 5.02 Å². The van der Waals surface area contributed by atoms with Crippen molar-refractivity contribution in [1.29, 1.82) is 0 Å². The fourth-order valence-electron chi connectivity index (χ4n) is 3.64. The lowest BCUT2D eigenvalue weighted by Crippen LogP contribution is -2.35. The maximum absolute atomic E-state index is 6.00. The first-order valence-electron chi connectivity index (χ1n) is 10.0. The maximum atomic E-state index is 6.00. The molecule has 2 aromatic carbocycles. The van der Waals surface area contributed by atoms with Gasteiger partial charge >= 0.3 is 0 Å². The molecule has 0 aliphatic carbocycles. The first-order valence-corrected chi connectivity index (χ1v) is 10.8. The van der Waals surface area contributed by atoms with Crippen molar-refractivity contribution in [3.63, 3.8) is 0 Å². The van der Waals surface area contributed by atoms with Crippen molar-refractivity contribution in [2.45, 2.75) is 19.9 Å². The molecule has 5 nitrogen and oxygen atoms in total. The third-order valence-corrected chi connectivity index (χ3v) is 5.88. The van der Waals surface area contributed by atoms with Gasteiger partial charge in [0.2, 0.25) is 0 Å². The summed E-state index contributed by atoms with van der Waals surface area (Å²) in [6.07, 6.45) is 2.50. The lowest BCUT2D eigenvalue weighted by Gasteiger charge is -2.25. The lowest BCUT2D eigenvalue weighted by atomic mass is 10.1. The van der Waals surface area contributed by atoms with E-state index in [1.807, 2.05) is 42.5 Å². The molecule has 4 rings (SSSR count). The molecule has 0 bridgehead atoms. The zero-order valence-electron chi connectivity index (χ0n) is 17.4. The summed E-state index contributed by atoms with van der Waals surface area (Å²) >= 11 is 11.7. The second-order valence-corrected chi connectivity index (χ2v) is 8.15. The minimum absolute atomic E-state index is 0.581. The van der Waals surface area contributed by atoms with Crippen molar-refractivity contribution < 1.29 is 9.15 Å². The average Bonchev–Trinajstić information content (AvgIpc) is 3.39. The van der Waals surface area contributed by atoms with Crippen LogP contribution >= 0.6 is 23.8 Å². The second kappa shape index (κ2) is 9.45. The number of benzene rings is 2. The molecule has 0 atom stereocenters. The summed E-state index contributed by atoms with van der Waals surface area (Å²) in [5, 5.41) is 5.81. The normalized spacial score (nSPS) is 10.9. The highest BCUT2D eigenvalue weighted by Gasteiger charge is 2.16. The molecular weight excluding hydrogens is 430 g/mol. The van der Waals surface area contributed by atoms with E-state index in [0.29, 0.717) is 16.7 Å². The molecule has 0 aliphatic heterocycles. The number of aryl methyl sites for hydroxylation is 1. The Bertz CT molecular complexity index is 1170. The number of fused-ring (bicyclic) bond motifs is 1. The molecule has 0 spiro atoms. The van der Waals surface area contributed by atoms with Crippen LogP contribution in [0.15, 0.2) is 65.3 Å². The Morgan fingerprint density at radius 3 is 2.71 bits per heavy atom. The number of methoxy groups -OCH3 is 1.